The SMILES string of the molecule is CCCCc1ccc(-c2c(C)sc(NC(=O)c3ccc(OC)cc3)c2C(=O)OCCC)cc1. The maximum atomic E-state index is 13.1. The molecule has 0 fully saturated rings. The predicted molar refractivity (Wildman–Crippen MR) is 135 cm³/mol. The molecule has 5 nitrogen and oxygen atoms in total. The highest BCUT2D eigenvalue weighted by Gasteiger charge is 2.26. The lowest BCUT2D eigenvalue weighted by Crippen LogP contribution is -2.15. The zero-order valence-electron chi connectivity index (χ0n) is 19.7. The maximum absolute atomic E-state index is 13.1. The molecule has 0 aliphatic rings. The number of nitrogens with one attached hydrogen (secondary N) is 1. The molecule has 0 saturated heterocycles. The highest BCUT2D eigenvalue weighted by atomic mass is 32.1. The van der Waals surface area contributed by atoms with Crippen LogP contribution in [-0.4, -0.2) is 25.6 Å². The van der Waals surface area contributed by atoms with Gasteiger partial charge in [-0.2, -0.15) is 0 Å². The minimum absolute atomic E-state index is 0.287. The van der Waals surface area contributed by atoms with Crippen molar-refractivity contribution < 1.29 is 19.1 Å². The van der Waals surface area contributed by atoms with Gasteiger partial charge in [-0.05, 0) is 61.6 Å². The predicted octanol–water partition coefficient (Wildman–Crippen LogP) is 6.89. The van der Waals surface area contributed by atoms with Crippen LogP contribution < -0.4 is 10.1 Å². The summed E-state index contributed by atoms with van der Waals surface area (Å²) in [6.07, 6.45) is 4.06. The molecule has 174 valence electrons. The van der Waals surface area contributed by atoms with Crippen LogP contribution in [0.1, 0.15) is 64.3 Å². The topological polar surface area (TPSA) is 64.6 Å². The highest BCUT2D eigenvalue weighted by Crippen LogP contribution is 2.40. The van der Waals surface area contributed by atoms with E-state index < -0.39 is 5.97 Å². The molecule has 0 bridgehead atoms. The van der Waals surface area contributed by atoms with Crippen molar-refractivity contribution in [1.82, 2.24) is 0 Å². The molecular weight excluding hydrogens is 434 g/mol. The minimum Gasteiger partial charge on any atom is -0.497 e. The summed E-state index contributed by atoms with van der Waals surface area (Å²) in [6.45, 7) is 6.42. The highest BCUT2D eigenvalue weighted by molar-refractivity contribution is 7.17. The van der Waals surface area contributed by atoms with Crippen LogP contribution in [0.4, 0.5) is 5.00 Å². The Balaban J connectivity index is 1.96. The summed E-state index contributed by atoms with van der Waals surface area (Å²) in [5.41, 5.74) is 3.92. The molecule has 6 heteroatoms. The van der Waals surface area contributed by atoms with Gasteiger partial charge in [0.2, 0.25) is 0 Å². The molecule has 0 saturated carbocycles. The first-order valence-corrected chi connectivity index (χ1v) is 12.1. The van der Waals surface area contributed by atoms with Gasteiger partial charge < -0.3 is 14.8 Å². The van der Waals surface area contributed by atoms with Crippen molar-refractivity contribution in [3.63, 3.8) is 0 Å². The first-order chi connectivity index (χ1) is 16.0. The van der Waals surface area contributed by atoms with Gasteiger partial charge in [0.25, 0.3) is 5.91 Å². The first kappa shape index (κ1) is 24.5. The number of rotatable bonds is 10. The van der Waals surface area contributed by atoms with Gasteiger partial charge >= 0.3 is 5.97 Å². The molecule has 3 rings (SSSR count). The fourth-order valence-corrected chi connectivity index (χ4v) is 4.64. The number of hydrogen-bond donors (Lipinski definition) is 1. The van der Waals surface area contributed by atoms with Crippen molar-refractivity contribution >= 4 is 28.2 Å². The number of esters is 1. The van der Waals surface area contributed by atoms with Crippen molar-refractivity contribution in [2.75, 3.05) is 19.0 Å². The Kier molecular flexibility index (Phi) is 8.66. The second-order valence-electron chi connectivity index (χ2n) is 7.86. The molecule has 1 heterocycles. The van der Waals surface area contributed by atoms with Gasteiger partial charge in [-0.15, -0.1) is 11.3 Å². The zero-order chi connectivity index (χ0) is 23.8. The van der Waals surface area contributed by atoms with Gasteiger partial charge in [-0.3, -0.25) is 4.79 Å². The summed E-state index contributed by atoms with van der Waals surface area (Å²) in [5.74, 6) is -0.0341. The molecule has 1 amide bonds. The van der Waals surface area contributed by atoms with Gasteiger partial charge in [0, 0.05) is 16.0 Å². The summed E-state index contributed by atoms with van der Waals surface area (Å²) >= 11 is 1.39. The van der Waals surface area contributed by atoms with Crippen LogP contribution in [0, 0.1) is 6.92 Å². The van der Waals surface area contributed by atoms with Crippen LogP contribution in [0.2, 0.25) is 0 Å². The number of anilines is 1. The second kappa shape index (κ2) is 11.7. The Morgan fingerprint density at radius 1 is 0.970 bits per heavy atom. The smallest absolute Gasteiger partial charge is 0.341 e. The van der Waals surface area contributed by atoms with Crippen LogP contribution in [0.15, 0.2) is 48.5 Å². The maximum Gasteiger partial charge on any atom is 0.341 e. The summed E-state index contributed by atoms with van der Waals surface area (Å²) in [6, 6.07) is 15.2. The van der Waals surface area contributed by atoms with Crippen LogP contribution >= 0.6 is 11.3 Å². The number of hydrogen-bond acceptors (Lipinski definition) is 5. The molecule has 0 atom stereocenters. The van der Waals surface area contributed by atoms with Crippen LogP contribution in [0.5, 0.6) is 5.75 Å². The van der Waals surface area contributed by atoms with E-state index in [4.69, 9.17) is 9.47 Å². The van der Waals surface area contributed by atoms with E-state index in [-0.39, 0.29) is 5.91 Å². The lowest BCUT2D eigenvalue weighted by Gasteiger charge is -2.10. The van der Waals surface area contributed by atoms with Gasteiger partial charge in [0.05, 0.1) is 13.7 Å². The van der Waals surface area contributed by atoms with E-state index in [9.17, 15) is 9.59 Å². The number of unbranched alkanes of at least 4 members (excludes halogenated alkanes) is 1. The molecule has 1 N–H and O–H groups in total. The van der Waals surface area contributed by atoms with E-state index in [1.165, 1.54) is 16.9 Å². The van der Waals surface area contributed by atoms with Gasteiger partial charge in [0.15, 0.2) is 0 Å². The van der Waals surface area contributed by atoms with E-state index in [1.54, 1.807) is 31.4 Å². The minimum atomic E-state index is -0.420. The number of ether oxygens (including phenoxy) is 2. The lowest BCUT2D eigenvalue weighted by molar-refractivity contribution is 0.0507. The van der Waals surface area contributed by atoms with Crippen molar-refractivity contribution in [3.05, 3.63) is 70.1 Å². The third-order valence-electron chi connectivity index (χ3n) is 5.37. The quantitative estimate of drug-likeness (QED) is 0.331. The van der Waals surface area contributed by atoms with E-state index in [1.807, 2.05) is 26.0 Å². The van der Waals surface area contributed by atoms with Crippen molar-refractivity contribution in [2.24, 2.45) is 0 Å². The average Bonchev–Trinajstić information content (AvgIpc) is 3.16. The number of thiophene rings is 1. The normalized spacial score (nSPS) is 10.7. The molecule has 1 aromatic heterocycles. The molecular formula is C27H31NO4S. The lowest BCUT2D eigenvalue weighted by atomic mass is 9.98. The third-order valence-corrected chi connectivity index (χ3v) is 6.39. The molecule has 0 radical (unpaired) electrons. The van der Waals surface area contributed by atoms with Crippen LogP contribution in [0.3, 0.4) is 0 Å². The Hall–Kier alpha value is -3.12. The molecule has 3 aromatic rings. The number of carbonyl (C=O) groups is 2. The second-order valence-corrected chi connectivity index (χ2v) is 9.08. The number of benzene rings is 2. The first-order valence-electron chi connectivity index (χ1n) is 11.3. The standard InChI is InChI=1S/C27H31NO4S/c1-5-7-8-19-9-11-20(12-10-19)23-18(3)33-26(24(23)27(30)32-17-6-2)28-25(29)21-13-15-22(31-4)16-14-21/h9-16H,5-8,17H2,1-4H3,(H,28,29). The molecule has 33 heavy (non-hydrogen) atoms. The van der Waals surface area contributed by atoms with E-state index in [2.05, 4.69) is 24.4 Å². The Bertz CT molecular complexity index is 1080. The monoisotopic (exact) mass is 465 g/mol. The molecule has 0 spiro atoms. The summed E-state index contributed by atoms with van der Waals surface area (Å²) in [4.78, 5) is 26.9. The number of amides is 1. The van der Waals surface area contributed by atoms with Crippen molar-refractivity contribution in [3.8, 4) is 16.9 Å². The Morgan fingerprint density at radius 3 is 2.27 bits per heavy atom. The number of carbonyl (C=O) groups excluding carboxylic acids is 2. The van der Waals surface area contributed by atoms with E-state index in [0.717, 1.165) is 41.7 Å². The molecule has 2 aromatic carbocycles. The van der Waals surface area contributed by atoms with E-state index in [0.29, 0.717) is 28.5 Å². The molecule has 0 aliphatic heterocycles. The van der Waals surface area contributed by atoms with E-state index >= 15 is 0 Å². The number of aryl methyl sites for hydroxylation is 2. The summed E-state index contributed by atoms with van der Waals surface area (Å²) in [7, 11) is 1.58. The average molecular weight is 466 g/mol. The molecule has 0 aliphatic carbocycles. The van der Waals surface area contributed by atoms with Crippen LogP contribution in [0.25, 0.3) is 11.1 Å². The van der Waals surface area contributed by atoms with Gasteiger partial charge in [0.1, 0.15) is 16.3 Å². The number of methoxy groups -OCH3 is 1. The fourth-order valence-electron chi connectivity index (χ4n) is 3.58. The molecule has 0 unspecified atom stereocenters. The third kappa shape index (κ3) is 6.02. The Labute approximate surface area is 199 Å². The van der Waals surface area contributed by atoms with Gasteiger partial charge in [-0.25, -0.2) is 4.79 Å². The Morgan fingerprint density at radius 2 is 1.67 bits per heavy atom. The van der Waals surface area contributed by atoms with Crippen LogP contribution in [-0.2, 0) is 11.2 Å². The largest absolute Gasteiger partial charge is 0.497 e. The van der Waals surface area contributed by atoms with Crippen molar-refractivity contribution in [1.29, 1.82) is 0 Å². The zero-order valence-corrected chi connectivity index (χ0v) is 20.5. The fraction of sp³-hybridized carbons (Fsp3) is 0.333. The van der Waals surface area contributed by atoms with Crippen molar-refractivity contribution in [2.45, 2.75) is 46.5 Å². The summed E-state index contributed by atoms with van der Waals surface area (Å²) in [5, 5.41) is 3.43. The summed E-state index contributed by atoms with van der Waals surface area (Å²) < 4.78 is 10.7. The van der Waals surface area contributed by atoms with Gasteiger partial charge in [-0.1, -0.05) is 44.5 Å².